The van der Waals surface area contributed by atoms with Crippen LogP contribution in [-0.4, -0.2) is 58.1 Å². The van der Waals surface area contributed by atoms with Gasteiger partial charge in [0.2, 0.25) is 11.7 Å². The lowest BCUT2D eigenvalue weighted by atomic mass is 10.1. The van der Waals surface area contributed by atoms with Gasteiger partial charge in [0.25, 0.3) is 5.91 Å². The molecular weight excluding hydrogens is 449 g/mol. The molecule has 0 bridgehead atoms. The van der Waals surface area contributed by atoms with E-state index in [2.05, 4.69) is 15.0 Å². The van der Waals surface area contributed by atoms with Crippen molar-refractivity contribution in [3.63, 3.8) is 0 Å². The summed E-state index contributed by atoms with van der Waals surface area (Å²) in [6, 6.07) is 12.3. The van der Waals surface area contributed by atoms with E-state index in [0.717, 1.165) is 23.4 Å². The van der Waals surface area contributed by atoms with E-state index in [-0.39, 0.29) is 23.3 Å². The quantitative estimate of drug-likeness (QED) is 0.573. The highest BCUT2D eigenvalue weighted by Crippen LogP contribution is 2.32. The summed E-state index contributed by atoms with van der Waals surface area (Å²) in [5, 5.41) is 3.88. The number of carbonyl (C=O) groups is 1. The van der Waals surface area contributed by atoms with Crippen molar-refractivity contribution in [3.05, 3.63) is 65.5 Å². The summed E-state index contributed by atoms with van der Waals surface area (Å²) in [5.74, 6) is 1.18. The van der Waals surface area contributed by atoms with Crippen LogP contribution in [0.4, 0.5) is 13.2 Å². The molecule has 1 aromatic heterocycles. The first kappa shape index (κ1) is 22.4. The SMILES string of the molecule is CC(c1nc(-c2cccc(C(F)(F)F)c2)no1)N1CCN(C(=O)C2Cc3ccccc3O2)CC1. The predicted molar refractivity (Wildman–Crippen MR) is 116 cm³/mol. The molecule has 3 heterocycles. The molecule has 1 fully saturated rings. The molecule has 178 valence electrons. The maximum Gasteiger partial charge on any atom is 0.416 e. The number of nitrogens with zero attached hydrogens (tertiary/aromatic N) is 4. The highest BCUT2D eigenvalue weighted by molar-refractivity contribution is 5.82. The number of hydrogen-bond acceptors (Lipinski definition) is 6. The minimum Gasteiger partial charge on any atom is -0.480 e. The minimum absolute atomic E-state index is 0.0203. The molecule has 0 aliphatic carbocycles. The number of piperazine rings is 1. The molecule has 2 aliphatic heterocycles. The normalized spacial score (nSPS) is 19.5. The van der Waals surface area contributed by atoms with Crippen LogP contribution >= 0.6 is 0 Å². The third-order valence-electron chi connectivity index (χ3n) is 6.34. The lowest BCUT2D eigenvalue weighted by molar-refractivity contribution is -0.140. The fraction of sp³-hybridized carbons (Fsp3) is 0.375. The van der Waals surface area contributed by atoms with Crippen molar-refractivity contribution in [2.24, 2.45) is 0 Å². The Hall–Kier alpha value is -3.40. The van der Waals surface area contributed by atoms with E-state index in [1.54, 1.807) is 0 Å². The lowest BCUT2D eigenvalue weighted by Crippen LogP contribution is -2.52. The van der Waals surface area contributed by atoms with Crippen molar-refractivity contribution in [2.75, 3.05) is 26.2 Å². The maximum absolute atomic E-state index is 13.0. The molecule has 2 aliphatic rings. The van der Waals surface area contributed by atoms with E-state index in [1.807, 2.05) is 36.1 Å². The number of ether oxygens (including phenoxy) is 1. The molecule has 1 saturated heterocycles. The Morgan fingerprint density at radius 3 is 2.59 bits per heavy atom. The van der Waals surface area contributed by atoms with Crippen LogP contribution in [0.2, 0.25) is 0 Å². The molecule has 2 atom stereocenters. The van der Waals surface area contributed by atoms with Crippen molar-refractivity contribution >= 4 is 5.91 Å². The van der Waals surface area contributed by atoms with Gasteiger partial charge in [-0.15, -0.1) is 0 Å². The summed E-state index contributed by atoms with van der Waals surface area (Å²) in [6.07, 6.45) is -4.36. The molecule has 7 nitrogen and oxygen atoms in total. The van der Waals surface area contributed by atoms with Gasteiger partial charge < -0.3 is 14.2 Å². The van der Waals surface area contributed by atoms with Gasteiger partial charge in [-0.2, -0.15) is 18.2 Å². The highest BCUT2D eigenvalue weighted by Gasteiger charge is 2.35. The Labute approximate surface area is 194 Å². The molecule has 10 heteroatoms. The molecule has 0 N–H and O–H groups in total. The molecule has 1 amide bonds. The number of hydrogen-bond donors (Lipinski definition) is 0. The largest absolute Gasteiger partial charge is 0.480 e. The Morgan fingerprint density at radius 2 is 1.85 bits per heavy atom. The molecule has 0 saturated carbocycles. The number of rotatable bonds is 4. The summed E-state index contributed by atoms with van der Waals surface area (Å²) >= 11 is 0. The zero-order valence-electron chi connectivity index (χ0n) is 18.5. The molecule has 0 spiro atoms. The molecule has 34 heavy (non-hydrogen) atoms. The van der Waals surface area contributed by atoms with Crippen LogP contribution < -0.4 is 4.74 Å². The smallest absolute Gasteiger partial charge is 0.416 e. The van der Waals surface area contributed by atoms with Crippen LogP contribution in [0.25, 0.3) is 11.4 Å². The second-order valence-corrected chi connectivity index (χ2v) is 8.49. The highest BCUT2D eigenvalue weighted by atomic mass is 19.4. The molecule has 5 rings (SSSR count). The summed E-state index contributed by atoms with van der Waals surface area (Å²) in [4.78, 5) is 21.2. The van der Waals surface area contributed by atoms with Gasteiger partial charge in [-0.3, -0.25) is 9.69 Å². The van der Waals surface area contributed by atoms with E-state index in [0.29, 0.717) is 38.5 Å². The number of carbonyl (C=O) groups excluding carboxylic acids is 1. The number of alkyl halides is 3. The van der Waals surface area contributed by atoms with Gasteiger partial charge in [-0.05, 0) is 30.7 Å². The average molecular weight is 472 g/mol. The van der Waals surface area contributed by atoms with Crippen LogP contribution in [-0.2, 0) is 17.4 Å². The zero-order valence-corrected chi connectivity index (χ0v) is 18.5. The van der Waals surface area contributed by atoms with Gasteiger partial charge in [-0.1, -0.05) is 35.5 Å². The van der Waals surface area contributed by atoms with Gasteiger partial charge >= 0.3 is 6.18 Å². The topological polar surface area (TPSA) is 71.7 Å². The molecular formula is C24H23F3N4O3. The molecule has 2 aromatic carbocycles. The van der Waals surface area contributed by atoms with E-state index in [9.17, 15) is 18.0 Å². The number of fused-ring (bicyclic) bond motifs is 1. The van der Waals surface area contributed by atoms with Crippen molar-refractivity contribution in [3.8, 4) is 17.1 Å². The fourth-order valence-corrected chi connectivity index (χ4v) is 4.37. The molecule has 2 unspecified atom stereocenters. The Balaban J connectivity index is 1.20. The average Bonchev–Trinajstić information content (AvgIpc) is 3.50. The lowest BCUT2D eigenvalue weighted by Gasteiger charge is -2.37. The Bertz CT molecular complexity index is 1160. The zero-order chi connectivity index (χ0) is 23.9. The third kappa shape index (κ3) is 4.37. The van der Waals surface area contributed by atoms with Crippen LogP contribution in [0.15, 0.2) is 53.1 Å². The second kappa shape index (κ2) is 8.75. The first-order valence-corrected chi connectivity index (χ1v) is 11.1. The van der Waals surface area contributed by atoms with Gasteiger partial charge in [0.05, 0.1) is 11.6 Å². The summed E-state index contributed by atoms with van der Waals surface area (Å²) in [6.45, 7) is 4.18. The number of benzene rings is 2. The van der Waals surface area contributed by atoms with Gasteiger partial charge in [0, 0.05) is 38.2 Å². The van der Waals surface area contributed by atoms with Crippen molar-refractivity contribution < 1.29 is 27.2 Å². The number of para-hydroxylation sites is 1. The van der Waals surface area contributed by atoms with Gasteiger partial charge in [0.1, 0.15) is 5.75 Å². The first-order chi connectivity index (χ1) is 16.3. The van der Waals surface area contributed by atoms with E-state index in [4.69, 9.17) is 9.26 Å². The van der Waals surface area contributed by atoms with E-state index < -0.39 is 17.8 Å². The van der Waals surface area contributed by atoms with E-state index >= 15 is 0 Å². The number of amides is 1. The second-order valence-electron chi connectivity index (χ2n) is 8.49. The summed E-state index contributed by atoms with van der Waals surface area (Å²) in [5.41, 5.74) is 0.519. The minimum atomic E-state index is -4.45. The number of halogens is 3. The number of aromatic nitrogens is 2. The van der Waals surface area contributed by atoms with Gasteiger partial charge in [-0.25, -0.2) is 0 Å². The van der Waals surface area contributed by atoms with Crippen LogP contribution in [0, 0.1) is 0 Å². The Kier molecular flexibility index (Phi) is 5.76. The fourth-order valence-electron chi connectivity index (χ4n) is 4.37. The van der Waals surface area contributed by atoms with Crippen LogP contribution in [0.3, 0.4) is 0 Å². The monoisotopic (exact) mass is 472 g/mol. The van der Waals surface area contributed by atoms with Crippen molar-refractivity contribution in [1.29, 1.82) is 0 Å². The summed E-state index contributed by atoms with van der Waals surface area (Å²) in [7, 11) is 0. The van der Waals surface area contributed by atoms with Crippen LogP contribution in [0.1, 0.15) is 30.0 Å². The molecule has 0 radical (unpaired) electrons. The predicted octanol–water partition coefficient (Wildman–Crippen LogP) is 3.96. The van der Waals surface area contributed by atoms with E-state index in [1.165, 1.54) is 12.1 Å². The van der Waals surface area contributed by atoms with Crippen molar-refractivity contribution in [2.45, 2.75) is 31.7 Å². The van der Waals surface area contributed by atoms with Crippen molar-refractivity contribution in [1.82, 2.24) is 19.9 Å². The third-order valence-corrected chi connectivity index (χ3v) is 6.34. The summed E-state index contributed by atoms with van der Waals surface area (Å²) < 4.78 is 50.2. The van der Waals surface area contributed by atoms with Gasteiger partial charge in [0.15, 0.2) is 6.10 Å². The maximum atomic E-state index is 13.0. The first-order valence-electron chi connectivity index (χ1n) is 11.1. The molecule has 3 aromatic rings. The standard InChI is InChI=1S/C24H23F3N4O3/c1-15(22-28-21(29-34-22)17-6-4-7-18(13-17)24(25,26)27)30-9-11-31(12-10-30)23(32)20-14-16-5-2-3-8-19(16)33-20/h2-8,13,15,20H,9-12,14H2,1H3. The Morgan fingerprint density at radius 1 is 1.09 bits per heavy atom. The van der Waals surface area contributed by atoms with Crippen LogP contribution in [0.5, 0.6) is 5.75 Å².